The van der Waals surface area contributed by atoms with E-state index in [0.29, 0.717) is 31.1 Å². The highest BCUT2D eigenvalue weighted by Crippen LogP contribution is 2.46. The SMILES string of the molecule is Cc1c(OCCCOc2cc(C(C)(C)C)c(O)c(C(C)(C)C)c2C)cc(C(C)(C)C)c(O)c1C(C)(C)C. The van der Waals surface area contributed by atoms with Crippen LogP contribution in [0, 0.1) is 13.8 Å². The predicted molar refractivity (Wildman–Crippen MR) is 156 cm³/mol. The Balaban J connectivity index is 2.27. The van der Waals surface area contributed by atoms with Crippen LogP contribution in [0.5, 0.6) is 23.0 Å². The van der Waals surface area contributed by atoms with E-state index < -0.39 is 0 Å². The fraction of sp³-hybridized carbons (Fsp3) is 0.636. The van der Waals surface area contributed by atoms with E-state index in [0.717, 1.165) is 44.9 Å². The van der Waals surface area contributed by atoms with Crippen molar-refractivity contribution in [1.29, 1.82) is 0 Å². The molecule has 0 atom stereocenters. The summed E-state index contributed by atoms with van der Waals surface area (Å²) in [5.74, 6) is 2.39. The summed E-state index contributed by atoms with van der Waals surface area (Å²) in [5.41, 5.74) is 4.83. The predicted octanol–water partition coefficient (Wildman–Crippen LogP) is 8.75. The monoisotopic (exact) mass is 512 g/mol. The van der Waals surface area contributed by atoms with E-state index in [1.807, 2.05) is 26.0 Å². The third-order valence-corrected chi connectivity index (χ3v) is 6.94. The largest absolute Gasteiger partial charge is 0.507 e. The third kappa shape index (κ3) is 6.94. The van der Waals surface area contributed by atoms with Crippen LogP contribution in [0.2, 0.25) is 0 Å². The highest BCUT2D eigenvalue weighted by Gasteiger charge is 2.31. The zero-order valence-corrected chi connectivity index (χ0v) is 26.0. The second-order valence-corrected chi connectivity index (χ2v) is 14.6. The maximum absolute atomic E-state index is 11.1. The van der Waals surface area contributed by atoms with E-state index in [1.54, 1.807) is 0 Å². The normalized spacial score (nSPS) is 13.1. The van der Waals surface area contributed by atoms with Crippen molar-refractivity contribution >= 4 is 0 Å². The van der Waals surface area contributed by atoms with Gasteiger partial charge >= 0.3 is 0 Å². The number of rotatable bonds is 6. The number of phenolic OH excluding ortho intramolecular Hbond substituents is 2. The maximum Gasteiger partial charge on any atom is 0.123 e. The minimum absolute atomic E-state index is 0.203. The number of phenols is 2. The van der Waals surface area contributed by atoms with Crippen LogP contribution in [0.4, 0.5) is 0 Å². The van der Waals surface area contributed by atoms with E-state index in [9.17, 15) is 10.2 Å². The molecule has 208 valence electrons. The van der Waals surface area contributed by atoms with Crippen molar-refractivity contribution in [1.82, 2.24) is 0 Å². The van der Waals surface area contributed by atoms with Crippen molar-refractivity contribution in [3.63, 3.8) is 0 Å². The van der Waals surface area contributed by atoms with Gasteiger partial charge < -0.3 is 19.7 Å². The smallest absolute Gasteiger partial charge is 0.123 e. The lowest BCUT2D eigenvalue weighted by atomic mass is 9.77. The molecule has 0 saturated heterocycles. The Morgan fingerprint density at radius 1 is 0.541 bits per heavy atom. The molecule has 0 radical (unpaired) electrons. The van der Waals surface area contributed by atoms with Crippen LogP contribution in [0.1, 0.15) is 123 Å². The average Bonchev–Trinajstić information content (AvgIpc) is 2.66. The van der Waals surface area contributed by atoms with Crippen molar-refractivity contribution in [2.24, 2.45) is 0 Å². The molecular weight excluding hydrogens is 460 g/mol. The maximum atomic E-state index is 11.1. The van der Waals surface area contributed by atoms with E-state index in [1.165, 1.54) is 0 Å². The van der Waals surface area contributed by atoms with E-state index in [2.05, 4.69) is 83.1 Å². The molecule has 0 aromatic heterocycles. The first kappa shape index (κ1) is 30.9. The molecule has 0 spiro atoms. The highest BCUT2D eigenvalue weighted by atomic mass is 16.5. The molecule has 0 bridgehead atoms. The second-order valence-electron chi connectivity index (χ2n) is 14.6. The van der Waals surface area contributed by atoms with Gasteiger partial charge in [-0.1, -0.05) is 83.1 Å². The van der Waals surface area contributed by atoms with Crippen LogP contribution in [-0.4, -0.2) is 23.4 Å². The molecular formula is C33H52O4. The Bertz CT molecular complexity index is 1020. The van der Waals surface area contributed by atoms with Crippen LogP contribution < -0.4 is 9.47 Å². The molecule has 0 aliphatic heterocycles. The van der Waals surface area contributed by atoms with E-state index in [4.69, 9.17) is 9.47 Å². The summed E-state index contributed by atoms with van der Waals surface area (Å²) >= 11 is 0. The molecule has 2 rings (SSSR count). The lowest BCUT2D eigenvalue weighted by molar-refractivity contribution is 0.243. The lowest BCUT2D eigenvalue weighted by Crippen LogP contribution is -2.20. The standard InChI is InChI=1S/C33H52O4/c1-20-24(18-22(30(3,4)5)28(34)26(20)32(9,10)11)36-16-15-17-37-25-19-23(31(6,7)8)29(35)27(21(25)2)33(12,13)14/h18-19,34-35H,15-17H2,1-14H3. The molecule has 0 aliphatic carbocycles. The molecule has 0 amide bonds. The second kappa shape index (κ2) is 10.4. The first-order chi connectivity index (χ1) is 16.6. The molecule has 4 heteroatoms. The van der Waals surface area contributed by atoms with Crippen molar-refractivity contribution < 1.29 is 19.7 Å². The molecule has 0 unspecified atom stereocenters. The minimum Gasteiger partial charge on any atom is -0.507 e. The van der Waals surface area contributed by atoms with Gasteiger partial charge in [0.1, 0.15) is 23.0 Å². The number of ether oxygens (including phenoxy) is 2. The van der Waals surface area contributed by atoms with Crippen LogP contribution in [0.15, 0.2) is 12.1 Å². The Kier molecular flexibility index (Phi) is 8.69. The summed E-state index contributed by atoms with van der Waals surface area (Å²) in [6.07, 6.45) is 0.714. The van der Waals surface area contributed by atoms with Gasteiger partial charge in [-0.2, -0.15) is 0 Å². The first-order valence-electron chi connectivity index (χ1n) is 13.6. The summed E-state index contributed by atoms with van der Waals surface area (Å²) in [6, 6.07) is 3.99. The molecule has 2 N–H and O–H groups in total. The quantitative estimate of drug-likeness (QED) is 0.380. The van der Waals surface area contributed by atoms with Crippen molar-refractivity contribution in [2.75, 3.05) is 13.2 Å². The molecule has 37 heavy (non-hydrogen) atoms. The number of aromatic hydroxyl groups is 2. The van der Waals surface area contributed by atoms with Crippen LogP contribution in [0.3, 0.4) is 0 Å². The Morgan fingerprint density at radius 2 is 0.838 bits per heavy atom. The number of benzene rings is 2. The Hall–Kier alpha value is -2.36. The summed E-state index contributed by atoms with van der Waals surface area (Å²) in [7, 11) is 0. The zero-order chi connectivity index (χ0) is 28.7. The summed E-state index contributed by atoms with van der Waals surface area (Å²) in [5, 5.41) is 22.2. The van der Waals surface area contributed by atoms with Crippen LogP contribution >= 0.6 is 0 Å². The molecule has 0 heterocycles. The molecule has 4 nitrogen and oxygen atoms in total. The van der Waals surface area contributed by atoms with Crippen molar-refractivity contribution in [3.8, 4) is 23.0 Å². The van der Waals surface area contributed by atoms with Crippen molar-refractivity contribution in [2.45, 2.75) is 125 Å². The fourth-order valence-corrected chi connectivity index (χ4v) is 5.19. The molecule has 0 saturated carbocycles. The third-order valence-electron chi connectivity index (χ3n) is 6.94. The topological polar surface area (TPSA) is 58.9 Å². The number of hydrogen-bond donors (Lipinski definition) is 2. The molecule has 0 aliphatic rings. The summed E-state index contributed by atoms with van der Waals surface area (Å²) < 4.78 is 12.6. The van der Waals surface area contributed by atoms with E-state index in [-0.39, 0.29) is 21.7 Å². The van der Waals surface area contributed by atoms with Crippen LogP contribution in [0.25, 0.3) is 0 Å². The van der Waals surface area contributed by atoms with Crippen LogP contribution in [-0.2, 0) is 21.7 Å². The summed E-state index contributed by atoms with van der Waals surface area (Å²) in [6.45, 7) is 30.5. The average molecular weight is 513 g/mol. The van der Waals surface area contributed by atoms with Gasteiger partial charge in [0.05, 0.1) is 13.2 Å². The molecule has 2 aromatic rings. The van der Waals surface area contributed by atoms with Gasteiger partial charge in [0.15, 0.2) is 0 Å². The minimum atomic E-state index is -0.206. The van der Waals surface area contributed by atoms with Gasteiger partial charge in [-0.3, -0.25) is 0 Å². The first-order valence-corrected chi connectivity index (χ1v) is 13.6. The van der Waals surface area contributed by atoms with Gasteiger partial charge in [0, 0.05) is 28.7 Å². The van der Waals surface area contributed by atoms with Crippen molar-refractivity contribution in [3.05, 3.63) is 45.5 Å². The highest BCUT2D eigenvalue weighted by molar-refractivity contribution is 5.58. The molecule has 0 fully saturated rings. The lowest BCUT2D eigenvalue weighted by Gasteiger charge is -2.30. The summed E-state index contributed by atoms with van der Waals surface area (Å²) in [4.78, 5) is 0. The van der Waals surface area contributed by atoms with Gasteiger partial charge in [0.2, 0.25) is 0 Å². The fourth-order valence-electron chi connectivity index (χ4n) is 5.19. The van der Waals surface area contributed by atoms with Gasteiger partial charge in [-0.05, 0) is 58.8 Å². The van der Waals surface area contributed by atoms with E-state index >= 15 is 0 Å². The number of hydrogen-bond acceptors (Lipinski definition) is 4. The van der Waals surface area contributed by atoms with Gasteiger partial charge in [-0.25, -0.2) is 0 Å². The zero-order valence-electron chi connectivity index (χ0n) is 26.0. The van der Waals surface area contributed by atoms with Gasteiger partial charge in [0.25, 0.3) is 0 Å². The van der Waals surface area contributed by atoms with Gasteiger partial charge in [-0.15, -0.1) is 0 Å². The Labute approximate surface area is 226 Å². The molecule has 2 aromatic carbocycles. The Morgan fingerprint density at radius 3 is 1.08 bits per heavy atom.